The van der Waals surface area contributed by atoms with E-state index in [0.29, 0.717) is 0 Å². The van der Waals surface area contributed by atoms with Gasteiger partial charge in [-0.25, -0.2) is 0 Å². The van der Waals surface area contributed by atoms with E-state index in [4.69, 9.17) is 0 Å². The van der Waals surface area contributed by atoms with Crippen LogP contribution in [0.5, 0.6) is 0 Å². The first kappa shape index (κ1) is 28.6. The van der Waals surface area contributed by atoms with Crippen molar-refractivity contribution in [3.63, 3.8) is 0 Å². The molecule has 0 aromatic carbocycles. The van der Waals surface area contributed by atoms with Crippen molar-refractivity contribution in [2.45, 2.75) is 0 Å². The smallest absolute Gasteiger partial charge is 0.0718 e. The molecular weight excluding hydrogens is 741 g/mol. The zero-order chi connectivity index (χ0) is 23.8. The third-order valence-electron chi connectivity index (χ3n) is 4.05. The number of rotatable bonds is 6. The van der Waals surface area contributed by atoms with E-state index in [1.54, 1.807) is 0 Å². The predicted octanol–water partition coefficient (Wildman–Crippen LogP) is 13.7. The van der Waals surface area contributed by atoms with Crippen molar-refractivity contribution in [3.05, 3.63) is 72.5 Å². The molecule has 35 heavy (non-hydrogen) atoms. The summed E-state index contributed by atoms with van der Waals surface area (Å²) < 4.78 is 17.6. The summed E-state index contributed by atoms with van der Waals surface area (Å²) in [5.74, 6) is 0. The number of thioether (sulfide) groups is 16. The fourth-order valence-corrected chi connectivity index (χ4v) is 25.0. The standard InChI is InChI=1S/C19H12S16/c1-20-8-12(30-14(28-8)10-22-3-4-23-10)26-7-27-13-9(21-2)29-16(31-13)17-34-18-19(35-17)33-15(32-18)11-24-5-6-25-11/h3-6H,7H2,1-2H3. The van der Waals surface area contributed by atoms with E-state index >= 15 is 0 Å². The quantitative estimate of drug-likeness (QED) is 0.236. The van der Waals surface area contributed by atoms with Crippen molar-refractivity contribution in [3.8, 4) is 0 Å². The van der Waals surface area contributed by atoms with Crippen LogP contribution in [0.1, 0.15) is 0 Å². The summed E-state index contributed by atoms with van der Waals surface area (Å²) in [6.45, 7) is 0. The highest BCUT2D eigenvalue weighted by molar-refractivity contribution is 8.50. The summed E-state index contributed by atoms with van der Waals surface area (Å²) in [4.78, 5) is 0. The van der Waals surface area contributed by atoms with E-state index in [2.05, 4.69) is 34.1 Å². The minimum Gasteiger partial charge on any atom is -0.121 e. The lowest BCUT2D eigenvalue weighted by molar-refractivity contribution is 2.19. The molecule has 0 saturated carbocycles. The molecule has 0 spiro atoms. The molecule has 0 bridgehead atoms. The topological polar surface area (TPSA) is 0 Å². The second-order valence-electron chi connectivity index (χ2n) is 6.10. The van der Waals surface area contributed by atoms with Crippen LogP contribution >= 0.6 is 188 Å². The van der Waals surface area contributed by atoms with Crippen LogP contribution in [0.25, 0.3) is 0 Å². The van der Waals surface area contributed by atoms with Crippen LogP contribution in [0.3, 0.4) is 0 Å². The Morgan fingerprint density at radius 1 is 0.429 bits per heavy atom. The second kappa shape index (κ2) is 13.7. The first-order chi connectivity index (χ1) is 17.2. The van der Waals surface area contributed by atoms with Gasteiger partial charge in [-0.15, -0.1) is 47.0 Å². The molecule has 0 aromatic heterocycles. The highest BCUT2D eigenvalue weighted by Gasteiger charge is 2.36. The summed E-state index contributed by atoms with van der Waals surface area (Å²) in [5, 5.41) is 9.82. The molecule has 0 saturated heterocycles. The fraction of sp³-hybridized carbons (Fsp3) is 0.158. The summed E-state index contributed by atoms with van der Waals surface area (Å²) in [6.07, 6.45) is 4.42. The van der Waals surface area contributed by atoms with Gasteiger partial charge in [-0.1, -0.05) is 141 Å². The Bertz CT molecular complexity index is 1150. The van der Waals surface area contributed by atoms with Gasteiger partial charge in [0, 0.05) is 5.08 Å². The summed E-state index contributed by atoms with van der Waals surface area (Å²) >= 11 is 31.0. The molecular formula is C19H12S16. The number of hydrogen-bond acceptors (Lipinski definition) is 16. The van der Waals surface area contributed by atoms with Gasteiger partial charge in [-0.05, 0) is 34.1 Å². The van der Waals surface area contributed by atoms with Crippen molar-refractivity contribution in [2.75, 3.05) is 17.6 Å². The maximum absolute atomic E-state index is 2.22. The number of hydrogen-bond donors (Lipinski definition) is 0. The Morgan fingerprint density at radius 2 is 0.743 bits per heavy atom. The molecule has 0 amide bonds. The highest BCUT2D eigenvalue weighted by atomic mass is 32.3. The Morgan fingerprint density at radius 3 is 1.14 bits per heavy atom. The molecule has 0 atom stereocenters. The fourth-order valence-electron chi connectivity index (χ4n) is 2.63. The highest BCUT2D eigenvalue weighted by Crippen LogP contribution is 2.72. The van der Waals surface area contributed by atoms with Crippen molar-refractivity contribution in [1.29, 1.82) is 0 Å². The Labute approximate surface area is 274 Å². The van der Waals surface area contributed by atoms with Gasteiger partial charge in [0.25, 0.3) is 0 Å². The third kappa shape index (κ3) is 6.79. The SMILES string of the molecule is CSC1=C(SCSC2=C(SC)SC(=C3SC4=C(SC(=C5SC=CS5)S4)S3)S2)SC(=C2SC=CS2)S1. The molecule has 0 radical (unpaired) electrons. The maximum atomic E-state index is 2.22. The van der Waals surface area contributed by atoms with E-state index in [-0.39, 0.29) is 0 Å². The lowest BCUT2D eigenvalue weighted by atomic mass is 11.2. The van der Waals surface area contributed by atoms with E-state index < -0.39 is 0 Å². The molecule has 16 heteroatoms. The van der Waals surface area contributed by atoms with Crippen LogP contribution in [-0.2, 0) is 0 Å². The molecule has 0 N–H and O–H groups in total. The third-order valence-corrected chi connectivity index (χ3v) is 26.4. The van der Waals surface area contributed by atoms with Crippen LogP contribution in [0, 0.1) is 0 Å². The van der Waals surface area contributed by atoms with Crippen LogP contribution in [0.2, 0.25) is 0 Å². The lowest BCUT2D eigenvalue weighted by Gasteiger charge is -2.07. The summed E-state index contributed by atoms with van der Waals surface area (Å²) in [6, 6.07) is 0. The van der Waals surface area contributed by atoms with Gasteiger partial charge in [0.1, 0.15) is 0 Å². The molecule has 6 aliphatic heterocycles. The molecule has 6 aliphatic rings. The van der Waals surface area contributed by atoms with Crippen molar-refractivity contribution >= 4 is 188 Å². The van der Waals surface area contributed by atoms with Crippen molar-refractivity contribution in [2.24, 2.45) is 0 Å². The molecule has 6 heterocycles. The summed E-state index contributed by atoms with van der Waals surface area (Å²) in [7, 11) is 0. The van der Waals surface area contributed by atoms with Crippen molar-refractivity contribution in [1.82, 2.24) is 0 Å². The minimum atomic E-state index is 1.06. The lowest BCUT2D eigenvalue weighted by Crippen LogP contribution is -1.75. The van der Waals surface area contributed by atoms with Gasteiger partial charge in [0.15, 0.2) is 0 Å². The van der Waals surface area contributed by atoms with Gasteiger partial charge in [0.05, 0.1) is 50.8 Å². The minimum absolute atomic E-state index is 1.06. The predicted molar refractivity (Wildman–Crippen MR) is 199 cm³/mol. The first-order valence-corrected chi connectivity index (χ1v) is 23.9. The van der Waals surface area contributed by atoms with Crippen LogP contribution in [0.4, 0.5) is 0 Å². The van der Waals surface area contributed by atoms with E-state index in [1.165, 1.54) is 50.8 Å². The Hall–Kier alpha value is 3.52. The van der Waals surface area contributed by atoms with Gasteiger partial charge in [-0.3, -0.25) is 0 Å². The average molecular weight is 753 g/mol. The molecule has 0 fully saturated rings. The molecule has 6 rings (SSSR count). The molecule has 184 valence electrons. The van der Waals surface area contributed by atoms with Crippen LogP contribution in [-0.4, -0.2) is 17.6 Å². The monoisotopic (exact) mass is 752 g/mol. The molecule has 0 aliphatic carbocycles. The maximum Gasteiger partial charge on any atom is 0.0718 e. The van der Waals surface area contributed by atoms with E-state index in [1.807, 2.05) is 188 Å². The first-order valence-electron chi connectivity index (χ1n) is 9.40. The largest absolute Gasteiger partial charge is 0.121 e. The molecule has 0 unspecified atom stereocenters. The molecule has 0 nitrogen and oxygen atoms in total. The van der Waals surface area contributed by atoms with E-state index in [9.17, 15) is 0 Å². The van der Waals surface area contributed by atoms with Gasteiger partial charge < -0.3 is 0 Å². The van der Waals surface area contributed by atoms with E-state index in [0.717, 1.165) is 5.08 Å². The second-order valence-corrected chi connectivity index (χ2v) is 25.0. The van der Waals surface area contributed by atoms with Crippen LogP contribution in [0.15, 0.2) is 72.5 Å². The van der Waals surface area contributed by atoms with Crippen LogP contribution < -0.4 is 0 Å². The van der Waals surface area contributed by atoms with Gasteiger partial charge in [-0.2, -0.15) is 0 Å². The molecule has 0 aromatic rings. The van der Waals surface area contributed by atoms with Crippen molar-refractivity contribution < 1.29 is 0 Å². The Balaban J connectivity index is 1.05. The zero-order valence-corrected chi connectivity index (χ0v) is 30.6. The van der Waals surface area contributed by atoms with Gasteiger partial charge in [0.2, 0.25) is 0 Å². The summed E-state index contributed by atoms with van der Waals surface area (Å²) in [5.41, 5.74) is 0. The normalized spacial score (nSPS) is 24.3. The van der Waals surface area contributed by atoms with Gasteiger partial charge >= 0.3 is 0 Å². The average Bonchev–Trinajstić information content (AvgIpc) is 3.68. The zero-order valence-electron chi connectivity index (χ0n) is 17.5. The Kier molecular flexibility index (Phi) is 11.2.